The summed E-state index contributed by atoms with van der Waals surface area (Å²) < 4.78 is 0. The van der Waals surface area contributed by atoms with Crippen LogP contribution in [0.15, 0.2) is 0 Å². The molecule has 0 aromatic rings. The lowest BCUT2D eigenvalue weighted by Crippen LogP contribution is -2.58. The Morgan fingerprint density at radius 2 is 1.73 bits per heavy atom. The van der Waals surface area contributed by atoms with Crippen LogP contribution in [-0.2, 0) is 28.8 Å². The van der Waals surface area contributed by atoms with Gasteiger partial charge in [0.25, 0.3) is 5.91 Å². The minimum Gasteiger partial charge on any atom is -0.325 e. The topological polar surface area (TPSA) is 112 Å². The second kappa shape index (κ2) is 6.00. The Balaban J connectivity index is 2.20. The Bertz CT molecular complexity index is 734. The Labute approximate surface area is 150 Å². The van der Waals surface area contributed by atoms with Crippen molar-refractivity contribution in [2.24, 2.45) is 11.8 Å². The molecule has 1 spiro atoms. The van der Waals surface area contributed by atoms with E-state index in [1.807, 2.05) is 0 Å². The fourth-order valence-electron chi connectivity index (χ4n) is 4.79. The summed E-state index contributed by atoms with van der Waals surface area (Å²) in [6.07, 6.45) is -0.0938. The van der Waals surface area contributed by atoms with Gasteiger partial charge < -0.3 is 4.90 Å². The highest BCUT2D eigenvalue weighted by molar-refractivity contribution is 6.16. The average molecular weight is 363 g/mol. The molecule has 0 radical (unpaired) electrons. The summed E-state index contributed by atoms with van der Waals surface area (Å²) in [4.78, 5) is 78.0. The molecule has 0 aromatic carbocycles. The molecule has 140 valence electrons. The summed E-state index contributed by atoms with van der Waals surface area (Å²) in [5.74, 6) is -4.55. The smallest absolute Gasteiger partial charge is 0.256 e. The lowest BCUT2D eigenvalue weighted by Gasteiger charge is -2.36. The van der Waals surface area contributed by atoms with Crippen LogP contribution in [0, 0.1) is 11.8 Å². The lowest BCUT2D eigenvalue weighted by atomic mass is 9.78. The van der Waals surface area contributed by atoms with Crippen LogP contribution in [0.2, 0.25) is 0 Å². The fourth-order valence-corrected chi connectivity index (χ4v) is 4.79. The van der Waals surface area contributed by atoms with Gasteiger partial charge in [0.2, 0.25) is 24.1 Å². The molecular formula is C17H21N3O6. The minimum absolute atomic E-state index is 0.112. The van der Waals surface area contributed by atoms with Crippen molar-refractivity contribution in [3.8, 4) is 0 Å². The number of rotatable bonds is 5. The fraction of sp³-hybridized carbons (Fsp3) is 0.647. The average Bonchev–Trinajstić information content (AvgIpc) is 3.09. The molecule has 3 heterocycles. The van der Waals surface area contributed by atoms with Gasteiger partial charge in [-0.3, -0.25) is 38.6 Å². The molecule has 9 heteroatoms. The van der Waals surface area contributed by atoms with Crippen molar-refractivity contribution < 1.29 is 28.8 Å². The van der Waals surface area contributed by atoms with Crippen molar-refractivity contribution in [2.75, 3.05) is 13.1 Å². The van der Waals surface area contributed by atoms with E-state index in [-0.39, 0.29) is 31.7 Å². The maximum absolute atomic E-state index is 13.1. The first-order valence-electron chi connectivity index (χ1n) is 8.69. The molecule has 9 nitrogen and oxygen atoms in total. The highest BCUT2D eigenvalue weighted by Gasteiger charge is 2.74. The van der Waals surface area contributed by atoms with Crippen molar-refractivity contribution in [3.63, 3.8) is 0 Å². The summed E-state index contributed by atoms with van der Waals surface area (Å²) in [6, 6.07) is -0.906. The van der Waals surface area contributed by atoms with Crippen LogP contribution in [0.5, 0.6) is 0 Å². The molecule has 3 aliphatic heterocycles. The van der Waals surface area contributed by atoms with Crippen LogP contribution < -0.4 is 0 Å². The number of amides is 5. The largest absolute Gasteiger partial charge is 0.325 e. The summed E-state index contributed by atoms with van der Waals surface area (Å²) in [6.45, 7) is 4.83. The third-order valence-corrected chi connectivity index (χ3v) is 5.77. The van der Waals surface area contributed by atoms with E-state index in [1.165, 1.54) is 6.92 Å². The van der Waals surface area contributed by atoms with Gasteiger partial charge in [-0.05, 0) is 20.8 Å². The van der Waals surface area contributed by atoms with E-state index in [2.05, 4.69) is 0 Å². The highest BCUT2D eigenvalue weighted by Crippen LogP contribution is 2.53. The first-order valence-corrected chi connectivity index (χ1v) is 8.69. The minimum atomic E-state index is -1.71. The van der Waals surface area contributed by atoms with Crippen molar-refractivity contribution >= 4 is 35.8 Å². The monoisotopic (exact) mass is 363 g/mol. The van der Waals surface area contributed by atoms with Gasteiger partial charge in [-0.25, -0.2) is 0 Å². The molecule has 0 N–H and O–H groups in total. The summed E-state index contributed by atoms with van der Waals surface area (Å²) >= 11 is 0. The second-order valence-corrected chi connectivity index (χ2v) is 6.95. The van der Waals surface area contributed by atoms with Gasteiger partial charge in [0.1, 0.15) is 11.3 Å². The maximum atomic E-state index is 13.1. The van der Waals surface area contributed by atoms with Crippen LogP contribution >= 0.6 is 0 Å². The van der Waals surface area contributed by atoms with E-state index in [0.717, 1.165) is 14.7 Å². The van der Waals surface area contributed by atoms with Gasteiger partial charge in [0, 0.05) is 19.5 Å². The predicted octanol–water partition coefficient (Wildman–Crippen LogP) is -1.06. The van der Waals surface area contributed by atoms with Crippen molar-refractivity contribution in [3.05, 3.63) is 0 Å². The van der Waals surface area contributed by atoms with Gasteiger partial charge in [-0.1, -0.05) is 0 Å². The Morgan fingerprint density at radius 1 is 1.12 bits per heavy atom. The molecule has 4 atom stereocenters. The van der Waals surface area contributed by atoms with Crippen LogP contribution in [-0.4, -0.2) is 75.2 Å². The quantitative estimate of drug-likeness (QED) is 0.455. The molecule has 26 heavy (non-hydrogen) atoms. The van der Waals surface area contributed by atoms with Gasteiger partial charge in [0.15, 0.2) is 0 Å². The number of likely N-dealkylation sites (tertiary alicyclic amines) is 3. The van der Waals surface area contributed by atoms with Crippen LogP contribution in [0.4, 0.5) is 0 Å². The summed E-state index contributed by atoms with van der Waals surface area (Å²) in [7, 11) is 0. The number of imide groups is 2. The molecule has 3 rings (SSSR count). The van der Waals surface area contributed by atoms with E-state index in [9.17, 15) is 28.8 Å². The Morgan fingerprint density at radius 3 is 2.19 bits per heavy atom. The summed E-state index contributed by atoms with van der Waals surface area (Å²) in [5.41, 5.74) is -1.71. The molecule has 3 fully saturated rings. The number of hydrogen-bond donors (Lipinski definition) is 0. The number of hydrogen-bond acceptors (Lipinski definition) is 6. The third kappa shape index (κ3) is 2.02. The molecule has 0 unspecified atom stereocenters. The van der Waals surface area contributed by atoms with Crippen LogP contribution in [0.25, 0.3) is 0 Å². The second-order valence-electron chi connectivity index (χ2n) is 6.95. The molecule has 0 aliphatic carbocycles. The van der Waals surface area contributed by atoms with Gasteiger partial charge in [-0.15, -0.1) is 0 Å². The van der Waals surface area contributed by atoms with E-state index < -0.39 is 47.0 Å². The van der Waals surface area contributed by atoms with E-state index in [0.29, 0.717) is 6.41 Å². The first-order chi connectivity index (χ1) is 12.3. The Kier molecular flexibility index (Phi) is 4.20. The number of fused-ring (bicyclic) bond motifs is 2. The number of carbonyl (C=O) groups excluding carboxylic acids is 6. The van der Waals surface area contributed by atoms with Gasteiger partial charge in [-0.2, -0.15) is 0 Å². The number of likely N-dealkylation sites (N-methyl/N-ethyl adjacent to an activating group) is 1. The molecule has 0 bridgehead atoms. The molecule has 0 saturated carbocycles. The van der Waals surface area contributed by atoms with Crippen LogP contribution in [0.1, 0.15) is 33.6 Å². The molecule has 0 aromatic heterocycles. The predicted molar refractivity (Wildman–Crippen MR) is 86.1 cm³/mol. The van der Waals surface area contributed by atoms with Gasteiger partial charge in [0.05, 0.1) is 24.3 Å². The number of ketones is 1. The third-order valence-electron chi connectivity index (χ3n) is 5.77. The lowest BCUT2D eigenvalue weighted by molar-refractivity contribution is -0.152. The maximum Gasteiger partial charge on any atom is 0.256 e. The highest BCUT2D eigenvalue weighted by atomic mass is 16.2. The van der Waals surface area contributed by atoms with Crippen molar-refractivity contribution in [2.45, 2.75) is 45.2 Å². The van der Waals surface area contributed by atoms with Crippen molar-refractivity contribution in [1.29, 1.82) is 0 Å². The number of Topliss-reactive ketones (excluding diaryl/α,β-unsaturated/α-hetero) is 1. The number of nitrogens with zero attached hydrogens (tertiary/aromatic N) is 3. The van der Waals surface area contributed by atoms with Crippen LogP contribution in [0.3, 0.4) is 0 Å². The molecule has 3 saturated heterocycles. The number of carbonyl (C=O) groups is 6. The zero-order chi connectivity index (χ0) is 19.4. The van der Waals surface area contributed by atoms with E-state index in [4.69, 9.17) is 0 Å². The molecule has 3 aliphatic rings. The normalized spacial score (nSPS) is 33.7. The molecule has 5 amide bonds. The Hall–Kier alpha value is -2.58. The first kappa shape index (κ1) is 18.2. The SMILES string of the molecule is CCN1C(=O)[C@H]2[C@@H](C1=O)[C@@]1(CC(=O)N(CC)C1=O)N(C=O)[C@H]2CC(C)=O. The van der Waals surface area contributed by atoms with Crippen molar-refractivity contribution in [1.82, 2.24) is 14.7 Å². The summed E-state index contributed by atoms with van der Waals surface area (Å²) in [5, 5.41) is 0. The zero-order valence-electron chi connectivity index (χ0n) is 14.9. The zero-order valence-corrected chi connectivity index (χ0v) is 14.9. The standard InChI is InChI=1S/C17H21N3O6/c1-4-18-11(23)7-17(16(18)26)13-12(14(24)19(5-2)15(13)25)10(6-9(3)22)20(17)8-21/h8,10,12-13H,4-7H2,1-3H3/t10-,12+,13-,17+/m0/s1. The molecular weight excluding hydrogens is 342 g/mol. The van der Waals surface area contributed by atoms with Gasteiger partial charge >= 0.3 is 0 Å². The van der Waals surface area contributed by atoms with E-state index in [1.54, 1.807) is 13.8 Å². The van der Waals surface area contributed by atoms with E-state index >= 15 is 0 Å².